The molecule has 112 valence electrons. The average Bonchev–Trinajstić information content (AvgIpc) is 2.46. The van der Waals surface area contributed by atoms with Crippen molar-refractivity contribution >= 4 is 23.6 Å². The van der Waals surface area contributed by atoms with Crippen molar-refractivity contribution in [3.8, 4) is 17.6 Å². The fourth-order valence-electron chi connectivity index (χ4n) is 1.63. The molecule has 1 rings (SSSR count). The number of rotatable bonds is 5. The number of carbonyl (C=O) groups is 1. The largest absolute Gasteiger partial charge is 0.493 e. The Morgan fingerprint density at radius 1 is 1.43 bits per heavy atom. The van der Waals surface area contributed by atoms with Crippen LogP contribution in [0.3, 0.4) is 0 Å². The monoisotopic (exact) mass is 308 g/mol. The van der Waals surface area contributed by atoms with Crippen molar-refractivity contribution in [2.75, 3.05) is 27.8 Å². The molecule has 0 aliphatic carbocycles. The predicted molar refractivity (Wildman–Crippen MR) is 81.5 cm³/mol. The molecule has 0 spiro atoms. The summed E-state index contributed by atoms with van der Waals surface area (Å²) < 4.78 is 10.6. The van der Waals surface area contributed by atoms with Gasteiger partial charge in [-0.25, -0.2) is 0 Å². The summed E-state index contributed by atoms with van der Waals surface area (Å²) in [6.45, 7) is 2.31. The molecular formula is C15H17ClN2O3. The van der Waals surface area contributed by atoms with Crippen LogP contribution in [0.4, 0.5) is 0 Å². The van der Waals surface area contributed by atoms with Crippen LogP contribution in [0.5, 0.6) is 11.5 Å². The van der Waals surface area contributed by atoms with Gasteiger partial charge in [0.15, 0.2) is 11.5 Å². The van der Waals surface area contributed by atoms with Gasteiger partial charge in [-0.15, -0.1) is 0 Å². The molecule has 0 aromatic heterocycles. The molecule has 0 saturated heterocycles. The first kappa shape index (κ1) is 16.9. The molecule has 0 unspecified atom stereocenters. The Kier molecular flexibility index (Phi) is 6.07. The second-order valence-electron chi connectivity index (χ2n) is 4.33. The Labute approximate surface area is 129 Å². The lowest BCUT2D eigenvalue weighted by atomic mass is 10.1. The first-order chi connectivity index (χ1) is 9.94. The summed E-state index contributed by atoms with van der Waals surface area (Å²) in [6.07, 6.45) is 1.44. The van der Waals surface area contributed by atoms with Crippen LogP contribution in [0, 0.1) is 11.3 Å². The molecule has 0 atom stereocenters. The quantitative estimate of drug-likeness (QED) is 0.620. The van der Waals surface area contributed by atoms with Gasteiger partial charge in [-0.1, -0.05) is 11.6 Å². The highest BCUT2D eigenvalue weighted by Crippen LogP contribution is 2.34. The number of nitrogens with zero attached hydrogens (tertiary/aromatic N) is 2. The van der Waals surface area contributed by atoms with Crippen LogP contribution in [0.25, 0.3) is 6.08 Å². The van der Waals surface area contributed by atoms with Crippen LogP contribution in [-0.4, -0.2) is 38.6 Å². The number of ether oxygens (including phenoxy) is 2. The zero-order chi connectivity index (χ0) is 16.0. The zero-order valence-corrected chi connectivity index (χ0v) is 13.2. The zero-order valence-electron chi connectivity index (χ0n) is 12.4. The third kappa shape index (κ3) is 4.14. The molecule has 0 heterocycles. The van der Waals surface area contributed by atoms with Crippen molar-refractivity contribution in [1.29, 1.82) is 5.26 Å². The van der Waals surface area contributed by atoms with E-state index >= 15 is 0 Å². The highest BCUT2D eigenvalue weighted by atomic mass is 35.5. The van der Waals surface area contributed by atoms with Gasteiger partial charge in [0.1, 0.15) is 11.6 Å². The van der Waals surface area contributed by atoms with Gasteiger partial charge in [0.2, 0.25) is 0 Å². The number of methoxy groups -OCH3 is 1. The van der Waals surface area contributed by atoms with Gasteiger partial charge in [0.25, 0.3) is 5.91 Å². The Morgan fingerprint density at radius 2 is 2.10 bits per heavy atom. The number of benzene rings is 1. The SMILES string of the molecule is CCOc1cc(/C=C(/C#N)C(=O)N(C)C)c(Cl)cc1OC. The number of likely N-dealkylation sites (N-methyl/N-ethyl adjacent to an activating group) is 1. The molecular weight excluding hydrogens is 292 g/mol. The normalized spacial score (nSPS) is 10.8. The lowest BCUT2D eigenvalue weighted by Gasteiger charge is -2.12. The molecule has 6 heteroatoms. The molecule has 0 radical (unpaired) electrons. The van der Waals surface area contributed by atoms with E-state index in [1.54, 1.807) is 26.2 Å². The molecule has 21 heavy (non-hydrogen) atoms. The fraction of sp³-hybridized carbons (Fsp3) is 0.333. The van der Waals surface area contributed by atoms with E-state index in [2.05, 4.69) is 0 Å². The molecule has 0 saturated carbocycles. The maximum atomic E-state index is 11.9. The molecule has 0 fully saturated rings. The molecule has 1 aromatic carbocycles. The summed E-state index contributed by atoms with van der Waals surface area (Å²) in [6, 6.07) is 5.11. The Morgan fingerprint density at radius 3 is 2.57 bits per heavy atom. The van der Waals surface area contributed by atoms with Gasteiger partial charge in [-0.2, -0.15) is 5.26 Å². The van der Waals surface area contributed by atoms with Gasteiger partial charge < -0.3 is 14.4 Å². The first-order valence-corrected chi connectivity index (χ1v) is 6.66. The highest BCUT2D eigenvalue weighted by molar-refractivity contribution is 6.32. The summed E-state index contributed by atoms with van der Waals surface area (Å²) >= 11 is 6.15. The summed E-state index contributed by atoms with van der Waals surface area (Å²) in [5.74, 6) is 0.615. The van der Waals surface area contributed by atoms with Gasteiger partial charge in [-0.05, 0) is 24.6 Å². The van der Waals surface area contributed by atoms with Gasteiger partial charge >= 0.3 is 0 Å². The topological polar surface area (TPSA) is 62.6 Å². The molecule has 5 nitrogen and oxygen atoms in total. The minimum Gasteiger partial charge on any atom is -0.493 e. The minimum atomic E-state index is -0.387. The van der Waals surface area contributed by atoms with Crippen molar-refractivity contribution in [1.82, 2.24) is 4.90 Å². The molecule has 1 aromatic rings. The van der Waals surface area contributed by atoms with E-state index < -0.39 is 0 Å². The number of amides is 1. The maximum Gasteiger partial charge on any atom is 0.264 e. The van der Waals surface area contributed by atoms with Crippen LogP contribution < -0.4 is 9.47 Å². The van der Waals surface area contributed by atoms with Crippen LogP contribution in [0.2, 0.25) is 5.02 Å². The number of hydrogen-bond donors (Lipinski definition) is 0. The Hall–Kier alpha value is -2.19. The molecule has 0 aliphatic rings. The maximum absolute atomic E-state index is 11.9. The van der Waals surface area contributed by atoms with Crippen LogP contribution >= 0.6 is 11.6 Å². The standard InChI is InChI=1S/C15H17ClN2O3/c1-5-21-14-7-10(12(16)8-13(14)20-4)6-11(9-17)15(19)18(2)3/h6-8H,5H2,1-4H3/b11-6-. The lowest BCUT2D eigenvalue weighted by molar-refractivity contribution is -0.124. The Balaban J connectivity index is 3.33. The predicted octanol–water partition coefficient (Wildman–Crippen LogP) is 2.74. The van der Waals surface area contributed by atoms with Crippen molar-refractivity contribution in [3.63, 3.8) is 0 Å². The van der Waals surface area contributed by atoms with Gasteiger partial charge in [0.05, 0.1) is 18.7 Å². The van der Waals surface area contributed by atoms with Crippen LogP contribution in [-0.2, 0) is 4.79 Å². The van der Waals surface area contributed by atoms with Gasteiger partial charge in [0, 0.05) is 20.2 Å². The lowest BCUT2D eigenvalue weighted by Crippen LogP contribution is -2.22. The van der Waals surface area contributed by atoms with Crippen molar-refractivity contribution in [2.45, 2.75) is 6.92 Å². The number of halogens is 1. The van der Waals surface area contributed by atoms with Crippen LogP contribution in [0.15, 0.2) is 17.7 Å². The van der Waals surface area contributed by atoms with E-state index in [0.717, 1.165) is 0 Å². The van der Waals surface area contributed by atoms with E-state index in [4.69, 9.17) is 26.3 Å². The van der Waals surface area contributed by atoms with Crippen LogP contribution in [0.1, 0.15) is 12.5 Å². The third-order valence-corrected chi connectivity index (χ3v) is 2.97. The van der Waals surface area contributed by atoms with Gasteiger partial charge in [-0.3, -0.25) is 4.79 Å². The molecule has 0 aliphatic heterocycles. The molecule has 0 N–H and O–H groups in total. The fourth-order valence-corrected chi connectivity index (χ4v) is 1.84. The van der Waals surface area contributed by atoms with E-state index in [1.807, 2.05) is 13.0 Å². The number of carbonyl (C=O) groups excluding carboxylic acids is 1. The van der Waals surface area contributed by atoms with Crippen molar-refractivity contribution in [3.05, 3.63) is 28.3 Å². The second-order valence-corrected chi connectivity index (χ2v) is 4.73. The Bertz CT molecular complexity index is 604. The smallest absolute Gasteiger partial charge is 0.264 e. The summed E-state index contributed by atoms with van der Waals surface area (Å²) in [5.41, 5.74) is 0.516. The highest BCUT2D eigenvalue weighted by Gasteiger charge is 2.14. The summed E-state index contributed by atoms with van der Waals surface area (Å²) in [5, 5.41) is 9.48. The first-order valence-electron chi connectivity index (χ1n) is 6.28. The second kappa shape index (κ2) is 7.55. The number of hydrogen-bond acceptors (Lipinski definition) is 4. The van der Waals surface area contributed by atoms with E-state index in [1.165, 1.54) is 18.1 Å². The van der Waals surface area contributed by atoms with E-state index in [-0.39, 0.29) is 11.5 Å². The molecule has 0 bridgehead atoms. The number of nitriles is 1. The van der Waals surface area contributed by atoms with Crippen molar-refractivity contribution in [2.24, 2.45) is 0 Å². The molecule has 1 amide bonds. The summed E-state index contributed by atoms with van der Waals surface area (Å²) in [7, 11) is 4.67. The summed E-state index contributed by atoms with van der Waals surface area (Å²) in [4.78, 5) is 13.2. The van der Waals surface area contributed by atoms with Crippen molar-refractivity contribution < 1.29 is 14.3 Å². The third-order valence-electron chi connectivity index (χ3n) is 2.64. The minimum absolute atomic E-state index is 0.00508. The van der Waals surface area contributed by atoms with E-state index in [0.29, 0.717) is 28.7 Å². The average molecular weight is 309 g/mol. The van der Waals surface area contributed by atoms with E-state index in [9.17, 15) is 4.79 Å².